The molecule has 0 bridgehead atoms. The number of halogens is 4. The van der Waals surface area contributed by atoms with Crippen molar-refractivity contribution in [2.24, 2.45) is 0 Å². The summed E-state index contributed by atoms with van der Waals surface area (Å²) in [5, 5.41) is 6.30. The van der Waals surface area contributed by atoms with Gasteiger partial charge in [-0.05, 0) is 68.9 Å². The molecule has 0 atom stereocenters. The number of hydrogen-bond acceptors (Lipinski definition) is 6. The van der Waals surface area contributed by atoms with Gasteiger partial charge in [0.25, 0.3) is 0 Å². The zero-order valence-electron chi connectivity index (χ0n) is 19.3. The normalized spacial score (nSPS) is 14.5. The Hall–Kier alpha value is -3.04. The number of rotatable bonds is 5. The number of aromatic nitrogens is 2. The summed E-state index contributed by atoms with van der Waals surface area (Å²) >= 11 is 0. The molecule has 1 aliphatic rings. The lowest BCUT2D eigenvalue weighted by Crippen LogP contribution is -2.44. The molecule has 1 saturated heterocycles. The van der Waals surface area contributed by atoms with Gasteiger partial charge in [-0.1, -0.05) is 0 Å². The minimum Gasteiger partial charge on any atom is -0.369 e. The molecule has 0 radical (unpaired) electrons. The maximum atomic E-state index is 13.0. The van der Waals surface area contributed by atoms with Crippen molar-refractivity contribution < 1.29 is 13.2 Å². The molecular weight excluding hydrogens is 465 g/mol. The largest absolute Gasteiger partial charge is 0.416 e. The molecule has 2 heterocycles. The molecule has 3 aromatic rings. The zero-order valence-corrected chi connectivity index (χ0v) is 20.1. The summed E-state index contributed by atoms with van der Waals surface area (Å²) in [6.07, 6.45) is -2.70. The highest BCUT2D eigenvalue weighted by atomic mass is 35.5. The van der Waals surface area contributed by atoms with Crippen LogP contribution < -0.4 is 15.5 Å². The number of benzene rings is 2. The predicted octanol–water partition coefficient (Wildman–Crippen LogP) is 5.77. The fourth-order valence-corrected chi connectivity index (χ4v) is 3.77. The first-order valence-electron chi connectivity index (χ1n) is 10.8. The van der Waals surface area contributed by atoms with Crippen molar-refractivity contribution in [2.45, 2.75) is 20.0 Å². The monoisotopic (exact) mass is 492 g/mol. The number of anilines is 5. The molecule has 0 aliphatic carbocycles. The summed E-state index contributed by atoms with van der Waals surface area (Å²) in [6.45, 7) is 7.38. The molecule has 0 saturated carbocycles. The van der Waals surface area contributed by atoms with E-state index in [1.807, 2.05) is 19.1 Å². The zero-order chi connectivity index (χ0) is 23.6. The molecule has 10 heteroatoms. The standard InChI is InChI=1S/C24H27F3N6.ClH/c1-16-14-19(6-9-21(16)24(25,26)27)29-22-17(2)15-28-23(31-22)30-18-4-7-20(8-5-18)33-12-10-32(3)11-13-33;/h4-9,14-15H,10-13H2,1-3H3,(H2,28,29,30,31);1H. The van der Waals surface area contributed by atoms with E-state index in [0.29, 0.717) is 17.5 Å². The van der Waals surface area contributed by atoms with Gasteiger partial charge < -0.3 is 20.4 Å². The fraction of sp³-hybridized carbons (Fsp3) is 0.333. The Balaban J connectivity index is 0.00000324. The Kier molecular flexibility index (Phi) is 7.89. The van der Waals surface area contributed by atoms with Crippen LogP contribution in [0.25, 0.3) is 0 Å². The second-order valence-corrected chi connectivity index (χ2v) is 8.34. The van der Waals surface area contributed by atoms with Gasteiger partial charge in [-0.3, -0.25) is 0 Å². The Morgan fingerprint density at radius 2 is 1.50 bits per heavy atom. The third-order valence-electron chi connectivity index (χ3n) is 5.76. The molecule has 6 nitrogen and oxygen atoms in total. The maximum absolute atomic E-state index is 13.0. The molecule has 4 rings (SSSR count). The van der Waals surface area contributed by atoms with Crippen LogP contribution in [0.5, 0.6) is 0 Å². The van der Waals surface area contributed by atoms with Crippen molar-refractivity contribution in [2.75, 3.05) is 48.8 Å². The van der Waals surface area contributed by atoms with Crippen molar-refractivity contribution in [3.8, 4) is 0 Å². The molecule has 182 valence electrons. The first-order valence-corrected chi connectivity index (χ1v) is 10.8. The summed E-state index contributed by atoms with van der Waals surface area (Å²) in [6, 6.07) is 12.1. The predicted molar refractivity (Wildman–Crippen MR) is 133 cm³/mol. The second kappa shape index (κ2) is 10.5. The van der Waals surface area contributed by atoms with Gasteiger partial charge in [0.2, 0.25) is 5.95 Å². The highest BCUT2D eigenvalue weighted by Crippen LogP contribution is 2.33. The highest BCUT2D eigenvalue weighted by Gasteiger charge is 2.32. The second-order valence-electron chi connectivity index (χ2n) is 8.34. The summed E-state index contributed by atoms with van der Waals surface area (Å²) in [4.78, 5) is 13.5. The Bertz CT molecular complexity index is 1110. The molecule has 2 N–H and O–H groups in total. The van der Waals surface area contributed by atoms with Crippen LogP contribution in [0.1, 0.15) is 16.7 Å². The van der Waals surface area contributed by atoms with Crippen LogP contribution in [0.2, 0.25) is 0 Å². The first kappa shape index (κ1) is 25.6. The lowest BCUT2D eigenvalue weighted by atomic mass is 10.1. The topological polar surface area (TPSA) is 56.3 Å². The molecule has 34 heavy (non-hydrogen) atoms. The van der Waals surface area contributed by atoms with Gasteiger partial charge in [0.15, 0.2) is 0 Å². The number of aryl methyl sites for hydroxylation is 2. The van der Waals surface area contributed by atoms with Gasteiger partial charge in [-0.25, -0.2) is 4.98 Å². The Morgan fingerprint density at radius 1 is 0.853 bits per heavy atom. The van der Waals surface area contributed by atoms with E-state index in [1.54, 1.807) is 6.20 Å². The van der Waals surface area contributed by atoms with E-state index in [-0.39, 0.29) is 18.0 Å². The molecule has 1 aromatic heterocycles. The SMILES string of the molecule is Cc1cc(Nc2nc(Nc3ccc(N4CCN(C)CC4)cc3)ncc2C)ccc1C(F)(F)F.Cl. The summed E-state index contributed by atoms with van der Waals surface area (Å²) < 4.78 is 39.1. The molecular formula is C24H28ClF3N6. The van der Waals surface area contributed by atoms with Crippen LogP contribution >= 0.6 is 12.4 Å². The molecule has 2 aromatic carbocycles. The summed E-state index contributed by atoms with van der Waals surface area (Å²) in [7, 11) is 2.13. The van der Waals surface area contributed by atoms with Crippen LogP contribution in [-0.2, 0) is 6.18 Å². The number of alkyl halides is 3. The van der Waals surface area contributed by atoms with Crippen LogP contribution in [-0.4, -0.2) is 48.1 Å². The number of nitrogens with one attached hydrogen (secondary N) is 2. The van der Waals surface area contributed by atoms with E-state index in [9.17, 15) is 13.2 Å². The van der Waals surface area contributed by atoms with Crippen molar-refractivity contribution in [3.05, 3.63) is 65.4 Å². The summed E-state index contributed by atoms with van der Waals surface area (Å²) in [5.41, 5.74) is 2.85. The minimum atomic E-state index is -4.37. The summed E-state index contributed by atoms with van der Waals surface area (Å²) in [5.74, 6) is 0.930. The van der Waals surface area contributed by atoms with Gasteiger partial charge in [0.05, 0.1) is 5.56 Å². The number of nitrogens with zero attached hydrogens (tertiary/aromatic N) is 4. The van der Waals surface area contributed by atoms with E-state index < -0.39 is 11.7 Å². The molecule has 0 amide bonds. The first-order chi connectivity index (χ1) is 15.7. The van der Waals surface area contributed by atoms with Crippen LogP contribution in [0.4, 0.5) is 42.0 Å². The molecule has 1 fully saturated rings. The van der Waals surface area contributed by atoms with Gasteiger partial charge in [0.1, 0.15) is 5.82 Å². The highest BCUT2D eigenvalue weighted by molar-refractivity contribution is 5.85. The third-order valence-corrected chi connectivity index (χ3v) is 5.76. The van der Waals surface area contributed by atoms with E-state index in [1.165, 1.54) is 24.7 Å². The average Bonchev–Trinajstić information content (AvgIpc) is 2.76. The number of hydrogen-bond donors (Lipinski definition) is 2. The van der Waals surface area contributed by atoms with Crippen molar-refractivity contribution >= 4 is 41.2 Å². The van der Waals surface area contributed by atoms with Crippen LogP contribution in [0.15, 0.2) is 48.7 Å². The van der Waals surface area contributed by atoms with E-state index >= 15 is 0 Å². The maximum Gasteiger partial charge on any atom is 0.416 e. The van der Waals surface area contributed by atoms with Gasteiger partial charge in [-0.15, -0.1) is 12.4 Å². The fourth-order valence-electron chi connectivity index (χ4n) is 3.77. The number of piperazine rings is 1. The Morgan fingerprint density at radius 3 is 2.12 bits per heavy atom. The van der Waals surface area contributed by atoms with Crippen molar-refractivity contribution in [1.82, 2.24) is 14.9 Å². The lowest BCUT2D eigenvalue weighted by molar-refractivity contribution is -0.138. The molecule has 1 aliphatic heterocycles. The van der Waals surface area contributed by atoms with Gasteiger partial charge in [0, 0.05) is 55.0 Å². The van der Waals surface area contributed by atoms with Crippen LogP contribution in [0.3, 0.4) is 0 Å². The molecule has 0 unspecified atom stereocenters. The van der Waals surface area contributed by atoms with Gasteiger partial charge in [-0.2, -0.15) is 18.2 Å². The average molecular weight is 493 g/mol. The van der Waals surface area contributed by atoms with E-state index in [0.717, 1.165) is 43.5 Å². The third kappa shape index (κ3) is 6.09. The van der Waals surface area contributed by atoms with Crippen LogP contribution in [0, 0.1) is 13.8 Å². The number of likely N-dealkylation sites (N-methyl/N-ethyl adjacent to an activating group) is 1. The van der Waals surface area contributed by atoms with Crippen molar-refractivity contribution in [3.63, 3.8) is 0 Å². The molecule has 0 spiro atoms. The lowest BCUT2D eigenvalue weighted by Gasteiger charge is -2.34. The Labute approximate surface area is 203 Å². The smallest absolute Gasteiger partial charge is 0.369 e. The van der Waals surface area contributed by atoms with E-state index in [2.05, 4.69) is 49.6 Å². The van der Waals surface area contributed by atoms with Crippen molar-refractivity contribution in [1.29, 1.82) is 0 Å². The van der Waals surface area contributed by atoms with Gasteiger partial charge >= 0.3 is 6.18 Å². The quantitative estimate of drug-likeness (QED) is 0.471. The van der Waals surface area contributed by atoms with E-state index in [4.69, 9.17) is 0 Å². The minimum absolute atomic E-state index is 0.